The second kappa shape index (κ2) is 6.60. The van der Waals surface area contributed by atoms with Gasteiger partial charge in [-0.05, 0) is 66.0 Å². The molecule has 0 saturated carbocycles. The third kappa shape index (κ3) is 2.92. The van der Waals surface area contributed by atoms with Crippen molar-refractivity contribution in [2.75, 3.05) is 13.6 Å². The van der Waals surface area contributed by atoms with Gasteiger partial charge in [0, 0.05) is 9.79 Å². The highest BCUT2D eigenvalue weighted by molar-refractivity contribution is 7.88. The molecule has 4 heteroatoms. The molecule has 0 radical (unpaired) electrons. The van der Waals surface area contributed by atoms with E-state index in [1.54, 1.807) is 7.05 Å². The normalized spacial score (nSPS) is 14.0. The molecule has 2 aromatic rings. The first-order valence-electron chi connectivity index (χ1n) is 7.63. The second-order valence-electron chi connectivity index (χ2n) is 5.54. The number of nitrogens with one attached hydrogen (secondary N) is 1. The summed E-state index contributed by atoms with van der Waals surface area (Å²) in [5.41, 5.74) is 4.87. The molecule has 1 aliphatic rings. The molecule has 23 heavy (non-hydrogen) atoms. The molecule has 0 fully saturated rings. The van der Waals surface area contributed by atoms with Crippen molar-refractivity contribution in [2.24, 2.45) is 4.36 Å². The van der Waals surface area contributed by atoms with E-state index in [9.17, 15) is 4.79 Å². The monoisotopic (exact) mass is 324 g/mol. The van der Waals surface area contributed by atoms with Gasteiger partial charge in [0.05, 0.1) is 6.54 Å². The van der Waals surface area contributed by atoms with Crippen LogP contribution >= 0.6 is 0 Å². The highest BCUT2D eigenvalue weighted by Gasteiger charge is 2.21. The lowest BCUT2D eigenvalue weighted by atomic mass is 9.97. The van der Waals surface area contributed by atoms with Gasteiger partial charge in [0.15, 0.2) is 0 Å². The molecule has 118 valence electrons. The molecule has 1 N–H and O–H groups in total. The number of amides is 1. The first-order valence-corrected chi connectivity index (χ1v) is 8.81. The van der Waals surface area contributed by atoms with Crippen molar-refractivity contribution < 1.29 is 4.79 Å². The van der Waals surface area contributed by atoms with E-state index in [-0.39, 0.29) is 12.5 Å². The van der Waals surface area contributed by atoms with E-state index < -0.39 is 10.7 Å². The lowest BCUT2D eigenvalue weighted by molar-refractivity contribution is -0.116. The lowest BCUT2D eigenvalue weighted by Gasteiger charge is -2.12. The zero-order chi connectivity index (χ0) is 16.4. The maximum absolute atomic E-state index is 12.2. The van der Waals surface area contributed by atoms with Gasteiger partial charge in [-0.1, -0.05) is 36.4 Å². The summed E-state index contributed by atoms with van der Waals surface area (Å²) < 4.78 is 4.54. The summed E-state index contributed by atoms with van der Waals surface area (Å²) in [4.78, 5) is 14.4. The molecular formula is C19H20N2OS. The Morgan fingerprint density at radius 1 is 0.957 bits per heavy atom. The van der Waals surface area contributed by atoms with Gasteiger partial charge in [0.1, 0.15) is 0 Å². The summed E-state index contributed by atoms with van der Waals surface area (Å²) in [5, 5.41) is 2.89. The molecule has 3 rings (SSSR count). The largest absolute Gasteiger partial charge is 0.311 e. The zero-order valence-electron chi connectivity index (χ0n) is 13.6. The number of benzene rings is 2. The Balaban J connectivity index is 2.33. The van der Waals surface area contributed by atoms with Crippen LogP contribution in [0.25, 0.3) is 11.1 Å². The Hall–Kier alpha value is -2.04. The number of hydrogen-bond acceptors (Lipinski definition) is 2. The van der Waals surface area contributed by atoms with Gasteiger partial charge in [-0.15, -0.1) is 0 Å². The third-order valence-electron chi connectivity index (χ3n) is 4.08. The van der Waals surface area contributed by atoms with Crippen LogP contribution in [0.5, 0.6) is 0 Å². The van der Waals surface area contributed by atoms with Crippen molar-refractivity contribution in [3.63, 3.8) is 0 Å². The smallest absolute Gasteiger partial charge is 0.266 e. The Labute approximate surface area is 139 Å². The van der Waals surface area contributed by atoms with E-state index in [4.69, 9.17) is 0 Å². The summed E-state index contributed by atoms with van der Waals surface area (Å²) >= 11 is 0. The Bertz CT molecular complexity index is 779. The van der Waals surface area contributed by atoms with Gasteiger partial charge < -0.3 is 5.32 Å². The second-order valence-corrected chi connectivity index (χ2v) is 7.17. The number of hydrogen-bond donors (Lipinski definition) is 1. The average molecular weight is 324 g/mol. The average Bonchev–Trinajstić information content (AvgIpc) is 2.66. The van der Waals surface area contributed by atoms with Crippen LogP contribution in [0.3, 0.4) is 0 Å². The van der Waals surface area contributed by atoms with E-state index in [2.05, 4.69) is 47.8 Å². The predicted molar refractivity (Wildman–Crippen MR) is 96.3 cm³/mol. The van der Waals surface area contributed by atoms with E-state index in [1.165, 1.54) is 22.3 Å². The molecule has 1 aliphatic heterocycles. The lowest BCUT2D eigenvalue weighted by Crippen LogP contribution is -2.17. The number of rotatable bonds is 2. The van der Waals surface area contributed by atoms with E-state index in [0.717, 1.165) is 9.79 Å². The topological polar surface area (TPSA) is 41.5 Å². The van der Waals surface area contributed by atoms with Gasteiger partial charge in [0.25, 0.3) is 5.91 Å². The highest BCUT2D eigenvalue weighted by Crippen LogP contribution is 2.38. The van der Waals surface area contributed by atoms with Crippen molar-refractivity contribution in [2.45, 2.75) is 23.6 Å². The summed E-state index contributed by atoms with van der Waals surface area (Å²) in [6.07, 6.45) is 0. The van der Waals surface area contributed by atoms with Crippen molar-refractivity contribution in [1.29, 1.82) is 0 Å². The molecule has 0 saturated heterocycles. The molecule has 0 aromatic heterocycles. The molecule has 0 aliphatic carbocycles. The SMILES string of the molecule is CNCC(=O)N=S1c2ccccc2C(C)=C(C)c2ccccc21. The third-order valence-corrected chi connectivity index (χ3v) is 6.01. The maximum Gasteiger partial charge on any atom is 0.266 e. The predicted octanol–water partition coefficient (Wildman–Crippen LogP) is 3.92. The fourth-order valence-corrected chi connectivity index (χ4v) is 4.77. The van der Waals surface area contributed by atoms with E-state index in [1.807, 2.05) is 24.3 Å². The Morgan fingerprint density at radius 2 is 1.43 bits per heavy atom. The molecule has 3 nitrogen and oxygen atoms in total. The number of allylic oxidation sites excluding steroid dienone is 2. The first-order chi connectivity index (χ1) is 11.1. The highest BCUT2D eigenvalue weighted by atomic mass is 32.2. The van der Waals surface area contributed by atoms with Crippen LogP contribution in [0, 0.1) is 0 Å². The number of carbonyl (C=O) groups is 1. The Morgan fingerprint density at radius 3 is 1.91 bits per heavy atom. The fourth-order valence-electron chi connectivity index (χ4n) is 2.80. The molecule has 0 atom stereocenters. The van der Waals surface area contributed by atoms with E-state index in [0.29, 0.717) is 0 Å². The van der Waals surface area contributed by atoms with Crippen LogP contribution in [0.4, 0.5) is 0 Å². The van der Waals surface area contributed by atoms with Crippen molar-refractivity contribution >= 4 is 27.7 Å². The van der Waals surface area contributed by atoms with Crippen LogP contribution < -0.4 is 5.32 Å². The van der Waals surface area contributed by atoms with Gasteiger partial charge in [-0.25, -0.2) is 0 Å². The molecule has 1 amide bonds. The van der Waals surface area contributed by atoms with Crippen molar-refractivity contribution in [1.82, 2.24) is 5.32 Å². The van der Waals surface area contributed by atoms with Gasteiger partial charge >= 0.3 is 0 Å². The molecule has 0 bridgehead atoms. The van der Waals surface area contributed by atoms with Crippen LogP contribution in [0.1, 0.15) is 25.0 Å². The van der Waals surface area contributed by atoms with Crippen molar-refractivity contribution in [3.05, 3.63) is 59.7 Å². The fraction of sp³-hybridized carbons (Fsp3) is 0.211. The number of nitrogens with zero attached hydrogens (tertiary/aromatic N) is 1. The summed E-state index contributed by atoms with van der Waals surface area (Å²) in [6, 6.07) is 16.6. The molecular weight excluding hydrogens is 304 g/mol. The number of fused-ring (bicyclic) bond motifs is 2. The molecule has 0 unspecified atom stereocenters. The van der Waals surface area contributed by atoms with Gasteiger partial charge in [0.2, 0.25) is 0 Å². The summed E-state index contributed by atoms with van der Waals surface area (Å²) in [5.74, 6) is -0.113. The summed E-state index contributed by atoms with van der Waals surface area (Å²) in [6.45, 7) is 4.56. The van der Waals surface area contributed by atoms with Gasteiger partial charge in [-0.3, -0.25) is 4.79 Å². The van der Waals surface area contributed by atoms with E-state index >= 15 is 0 Å². The maximum atomic E-state index is 12.2. The molecule has 2 aromatic carbocycles. The number of carbonyl (C=O) groups excluding carboxylic acids is 1. The first kappa shape index (κ1) is 15.8. The zero-order valence-corrected chi connectivity index (χ0v) is 14.4. The van der Waals surface area contributed by atoms with Crippen LogP contribution in [0.15, 0.2) is 62.7 Å². The summed E-state index contributed by atoms with van der Waals surface area (Å²) in [7, 11) is 1.17. The molecule has 0 spiro atoms. The standard InChI is InChI=1S/C19H20N2OS/c1-13-14(2)16-9-5-7-11-18(16)23(21-19(22)12-20-3)17-10-6-4-8-15(13)17/h4-11,20H,12H2,1-3H3. The minimum atomic E-state index is -0.591. The Kier molecular flexibility index (Phi) is 4.55. The quantitative estimate of drug-likeness (QED) is 0.910. The van der Waals surface area contributed by atoms with Crippen LogP contribution in [-0.2, 0) is 15.5 Å². The number of likely N-dealkylation sites (N-methyl/N-ethyl adjacent to an activating group) is 1. The minimum absolute atomic E-state index is 0.113. The minimum Gasteiger partial charge on any atom is -0.311 e. The van der Waals surface area contributed by atoms with Crippen LogP contribution in [0.2, 0.25) is 0 Å². The molecule has 1 heterocycles. The van der Waals surface area contributed by atoms with Crippen LogP contribution in [-0.4, -0.2) is 19.5 Å². The van der Waals surface area contributed by atoms with Crippen molar-refractivity contribution in [3.8, 4) is 0 Å². The van der Waals surface area contributed by atoms with Gasteiger partial charge in [-0.2, -0.15) is 4.36 Å².